The Bertz CT molecular complexity index is 681. The van der Waals surface area contributed by atoms with Crippen molar-refractivity contribution in [1.29, 1.82) is 0 Å². The second-order valence-electron chi connectivity index (χ2n) is 6.28. The number of furan rings is 1. The molecule has 1 unspecified atom stereocenters. The Hall–Kier alpha value is -2.60. The Morgan fingerprint density at radius 3 is 2.56 bits per heavy atom. The number of nitrogens with one attached hydrogen (secondary N) is 1. The molecule has 0 aliphatic carbocycles. The summed E-state index contributed by atoms with van der Waals surface area (Å²) in [6.45, 7) is 3.99. The molecule has 134 valence electrons. The van der Waals surface area contributed by atoms with Crippen molar-refractivity contribution in [2.24, 2.45) is 0 Å². The van der Waals surface area contributed by atoms with Crippen LogP contribution in [-0.4, -0.2) is 40.5 Å². The first-order valence-corrected chi connectivity index (χ1v) is 8.26. The van der Waals surface area contributed by atoms with Crippen molar-refractivity contribution >= 4 is 11.8 Å². The highest BCUT2D eigenvalue weighted by Crippen LogP contribution is 2.14. The van der Waals surface area contributed by atoms with Crippen LogP contribution in [0.4, 0.5) is 0 Å². The molecule has 1 heterocycles. The highest BCUT2D eigenvalue weighted by Gasteiger charge is 2.25. The number of benzene rings is 1. The lowest BCUT2D eigenvalue weighted by molar-refractivity contribution is -0.134. The van der Waals surface area contributed by atoms with E-state index in [1.807, 2.05) is 37.3 Å². The third kappa shape index (κ3) is 5.76. The molecule has 6 nitrogen and oxygen atoms in total. The Kier molecular flexibility index (Phi) is 6.36. The van der Waals surface area contributed by atoms with Crippen LogP contribution in [-0.2, 0) is 11.3 Å². The molecule has 1 atom stereocenters. The van der Waals surface area contributed by atoms with Gasteiger partial charge in [0.05, 0.1) is 24.0 Å². The van der Waals surface area contributed by atoms with Gasteiger partial charge >= 0.3 is 0 Å². The topological polar surface area (TPSA) is 82.8 Å². The molecule has 6 heteroatoms. The third-order valence-electron chi connectivity index (χ3n) is 4.05. The average Bonchev–Trinajstić information content (AvgIpc) is 3.14. The third-order valence-corrected chi connectivity index (χ3v) is 4.05. The molecular weight excluding hydrogens is 320 g/mol. The number of aliphatic hydroxyl groups is 1. The molecule has 2 amide bonds. The Balaban J connectivity index is 2.02. The van der Waals surface area contributed by atoms with Gasteiger partial charge in [0.25, 0.3) is 5.91 Å². The van der Waals surface area contributed by atoms with Crippen LogP contribution < -0.4 is 5.32 Å². The minimum Gasteiger partial charge on any atom is -0.472 e. The van der Waals surface area contributed by atoms with Crippen LogP contribution in [0.1, 0.15) is 36.2 Å². The number of rotatable bonds is 8. The maximum atomic E-state index is 12.6. The van der Waals surface area contributed by atoms with Crippen LogP contribution in [0.25, 0.3) is 0 Å². The van der Waals surface area contributed by atoms with E-state index in [0.717, 1.165) is 5.56 Å². The molecule has 0 radical (unpaired) electrons. The molecule has 0 saturated heterocycles. The lowest BCUT2D eigenvalue weighted by Gasteiger charge is -2.31. The molecular formula is C19H24N2O4. The van der Waals surface area contributed by atoms with Crippen molar-refractivity contribution in [3.8, 4) is 0 Å². The predicted octanol–water partition coefficient (Wildman–Crippen LogP) is 2.20. The molecule has 1 aromatic heterocycles. The van der Waals surface area contributed by atoms with Crippen molar-refractivity contribution in [3.05, 3.63) is 60.1 Å². The van der Waals surface area contributed by atoms with E-state index in [2.05, 4.69) is 5.32 Å². The van der Waals surface area contributed by atoms with E-state index in [4.69, 9.17) is 4.42 Å². The number of carbonyl (C=O) groups is 2. The normalized spacial score (nSPS) is 13.1. The molecule has 2 N–H and O–H groups in total. The van der Waals surface area contributed by atoms with Gasteiger partial charge in [-0.15, -0.1) is 0 Å². The molecule has 0 saturated carbocycles. The van der Waals surface area contributed by atoms with Crippen molar-refractivity contribution < 1.29 is 19.1 Å². The minimum atomic E-state index is -0.987. The summed E-state index contributed by atoms with van der Waals surface area (Å²) in [4.78, 5) is 26.1. The second kappa shape index (κ2) is 8.48. The summed E-state index contributed by atoms with van der Waals surface area (Å²) in [6, 6.07) is 11.1. The molecule has 2 rings (SSSR count). The number of hydrogen-bond donors (Lipinski definition) is 2. The molecule has 25 heavy (non-hydrogen) atoms. The van der Waals surface area contributed by atoms with Crippen LogP contribution in [0.3, 0.4) is 0 Å². The first kappa shape index (κ1) is 18.7. The van der Waals surface area contributed by atoms with E-state index in [1.54, 1.807) is 11.8 Å². The number of carbonyl (C=O) groups excluding carboxylic acids is 2. The fourth-order valence-electron chi connectivity index (χ4n) is 2.32. The summed E-state index contributed by atoms with van der Waals surface area (Å²) in [5.41, 5.74) is 0.339. The van der Waals surface area contributed by atoms with Gasteiger partial charge in [0.15, 0.2) is 0 Å². The number of amides is 2. The van der Waals surface area contributed by atoms with Gasteiger partial charge in [-0.25, -0.2) is 0 Å². The van der Waals surface area contributed by atoms with Gasteiger partial charge in [-0.3, -0.25) is 9.59 Å². The standard InChI is InChI=1S/C19H24N2O4/c1-3-19(2,24)14-21(12-15-7-5-4-6-8-15)17(22)11-20-18(23)16-9-10-25-13-16/h4-10,13,24H,3,11-12,14H2,1-2H3,(H,20,23). The second-order valence-corrected chi connectivity index (χ2v) is 6.28. The maximum Gasteiger partial charge on any atom is 0.254 e. The summed E-state index contributed by atoms with van der Waals surface area (Å²) < 4.78 is 4.86. The molecule has 0 aliphatic rings. The lowest BCUT2D eigenvalue weighted by atomic mass is 10.0. The predicted molar refractivity (Wildman–Crippen MR) is 93.8 cm³/mol. The van der Waals surface area contributed by atoms with Crippen LogP contribution in [0.15, 0.2) is 53.3 Å². The van der Waals surface area contributed by atoms with Crippen molar-refractivity contribution in [3.63, 3.8) is 0 Å². The fourth-order valence-corrected chi connectivity index (χ4v) is 2.32. The number of hydrogen-bond acceptors (Lipinski definition) is 4. The van der Waals surface area contributed by atoms with Gasteiger partial charge in [-0.05, 0) is 25.0 Å². The van der Waals surface area contributed by atoms with Gasteiger partial charge < -0.3 is 19.7 Å². The smallest absolute Gasteiger partial charge is 0.254 e. The van der Waals surface area contributed by atoms with Crippen molar-refractivity contribution in [1.82, 2.24) is 10.2 Å². The first-order valence-electron chi connectivity index (χ1n) is 8.26. The van der Waals surface area contributed by atoms with Gasteiger partial charge in [-0.1, -0.05) is 37.3 Å². The molecule has 1 aromatic carbocycles. The van der Waals surface area contributed by atoms with Crippen molar-refractivity contribution in [2.75, 3.05) is 13.1 Å². The average molecular weight is 344 g/mol. The summed E-state index contributed by atoms with van der Waals surface area (Å²) >= 11 is 0. The molecule has 2 aromatic rings. The summed E-state index contributed by atoms with van der Waals surface area (Å²) in [5.74, 6) is -0.626. The van der Waals surface area contributed by atoms with Gasteiger partial charge in [0.1, 0.15) is 6.26 Å². The zero-order valence-corrected chi connectivity index (χ0v) is 14.6. The Morgan fingerprint density at radius 1 is 1.24 bits per heavy atom. The molecule has 0 spiro atoms. The van der Waals surface area contributed by atoms with E-state index >= 15 is 0 Å². The minimum absolute atomic E-state index is 0.142. The van der Waals surface area contributed by atoms with Crippen molar-refractivity contribution in [2.45, 2.75) is 32.4 Å². The first-order chi connectivity index (χ1) is 11.9. The summed E-state index contributed by atoms with van der Waals surface area (Å²) in [5, 5.41) is 12.9. The summed E-state index contributed by atoms with van der Waals surface area (Å²) in [6.07, 6.45) is 3.24. The van der Waals surface area contributed by atoms with Crippen LogP contribution >= 0.6 is 0 Å². The van der Waals surface area contributed by atoms with Crippen LogP contribution in [0.2, 0.25) is 0 Å². The highest BCUT2D eigenvalue weighted by molar-refractivity contribution is 5.96. The number of nitrogens with zero attached hydrogens (tertiary/aromatic N) is 1. The van der Waals surface area contributed by atoms with Crippen LogP contribution in [0.5, 0.6) is 0 Å². The monoisotopic (exact) mass is 344 g/mol. The quantitative estimate of drug-likeness (QED) is 0.769. The highest BCUT2D eigenvalue weighted by atomic mass is 16.3. The SMILES string of the molecule is CCC(C)(O)CN(Cc1ccccc1)C(=O)CNC(=O)c1ccoc1. The fraction of sp³-hybridized carbons (Fsp3) is 0.368. The largest absolute Gasteiger partial charge is 0.472 e. The zero-order valence-electron chi connectivity index (χ0n) is 14.6. The van der Waals surface area contributed by atoms with E-state index in [-0.39, 0.29) is 24.9 Å². The van der Waals surface area contributed by atoms with E-state index in [0.29, 0.717) is 18.5 Å². The van der Waals surface area contributed by atoms with Gasteiger partial charge in [0.2, 0.25) is 5.91 Å². The lowest BCUT2D eigenvalue weighted by Crippen LogP contribution is -2.46. The Morgan fingerprint density at radius 2 is 1.96 bits per heavy atom. The van der Waals surface area contributed by atoms with E-state index < -0.39 is 5.60 Å². The van der Waals surface area contributed by atoms with E-state index in [1.165, 1.54) is 18.6 Å². The van der Waals surface area contributed by atoms with Gasteiger partial charge in [-0.2, -0.15) is 0 Å². The van der Waals surface area contributed by atoms with E-state index in [9.17, 15) is 14.7 Å². The molecule has 0 aliphatic heterocycles. The summed E-state index contributed by atoms with van der Waals surface area (Å²) in [7, 11) is 0. The molecule has 0 bridgehead atoms. The maximum absolute atomic E-state index is 12.6. The van der Waals surface area contributed by atoms with Gasteiger partial charge in [0, 0.05) is 13.1 Å². The zero-order chi connectivity index (χ0) is 18.3. The molecule has 0 fully saturated rings. The van der Waals surface area contributed by atoms with Crippen LogP contribution in [0, 0.1) is 0 Å². The Labute approximate surface area is 147 Å².